The van der Waals surface area contributed by atoms with E-state index < -0.39 is 25.7 Å². The number of hydrogen-bond donors (Lipinski definition) is 0. The second-order valence-electron chi connectivity index (χ2n) is 9.24. The van der Waals surface area contributed by atoms with Crippen LogP contribution in [0, 0.1) is 12.7 Å². The minimum absolute atomic E-state index is 0.0450. The van der Waals surface area contributed by atoms with Gasteiger partial charge >= 0.3 is 0 Å². The van der Waals surface area contributed by atoms with Gasteiger partial charge in [0.05, 0.1) is 9.79 Å². The molecule has 2 aliphatic heterocycles. The molecule has 2 aromatic carbocycles. The van der Waals surface area contributed by atoms with E-state index in [2.05, 4.69) is 9.80 Å². The third-order valence-corrected chi connectivity index (χ3v) is 10.1. The molecule has 0 radical (unpaired) electrons. The smallest absolute Gasteiger partial charge is 0.243 e. The van der Waals surface area contributed by atoms with Crippen LogP contribution in [-0.2, 0) is 26.4 Å². The van der Waals surface area contributed by atoms with Crippen molar-refractivity contribution in [2.75, 3.05) is 45.5 Å². The fraction of sp³-hybridized carbons (Fsp3) is 0.500. The van der Waals surface area contributed by atoms with Crippen LogP contribution in [0.3, 0.4) is 0 Å². The summed E-state index contributed by atoms with van der Waals surface area (Å²) in [5.41, 5.74) is 1.38. The van der Waals surface area contributed by atoms with Gasteiger partial charge in [-0.05, 0) is 62.2 Å². The maximum Gasteiger partial charge on any atom is 0.243 e. The van der Waals surface area contributed by atoms with Crippen LogP contribution in [0.25, 0.3) is 0 Å². The number of rotatable bonds is 6. The second-order valence-corrected chi connectivity index (χ2v) is 13.1. The fourth-order valence-corrected chi connectivity index (χ4v) is 7.57. The van der Waals surface area contributed by atoms with Gasteiger partial charge in [0, 0.05) is 45.0 Å². The number of piperidine rings is 1. The first-order chi connectivity index (χ1) is 16.1. The molecule has 0 unspecified atom stereocenters. The molecule has 34 heavy (non-hydrogen) atoms. The molecule has 0 aliphatic carbocycles. The van der Waals surface area contributed by atoms with Gasteiger partial charge in [-0.2, -0.15) is 4.31 Å². The molecular formula is C24H32FN3O4S2. The molecule has 0 bridgehead atoms. The zero-order valence-corrected chi connectivity index (χ0v) is 21.3. The summed E-state index contributed by atoms with van der Waals surface area (Å²) in [6.45, 7) is 6.10. The average molecular weight is 510 g/mol. The van der Waals surface area contributed by atoms with E-state index in [-0.39, 0.29) is 4.90 Å². The lowest BCUT2D eigenvalue weighted by atomic mass is 10.0. The van der Waals surface area contributed by atoms with E-state index in [0.717, 1.165) is 37.6 Å². The molecule has 2 heterocycles. The molecule has 2 fully saturated rings. The van der Waals surface area contributed by atoms with Gasteiger partial charge in [-0.1, -0.05) is 24.3 Å². The summed E-state index contributed by atoms with van der Waals surface area (Å²) >= 11 is 0. The molecule has 0 spiro atoms. The zero-order valence-electron chi connectivity index (χ0n) is 19.7. The normalized spacial score (nSPS) is 20.0. The number of aryl methyl sites for hydroxylation is 1. The summed E-state index contributed by atoms with van der Waals surface area (Å²) in [6.07, 6.45) is 3.15. The molecule has 2 saturated heterocycles. The lowest BCUT2D eigenvalue weighted by molar-refractivity contribution is 0.0783. The van der Waals surface area contributed by atoms with Crippen molar-refractivity contribution in [3.05, 3.63) is 59.4 Å². The number of piperazine rings is 1. The van der Waals surface area contributed by atoms with E-state index in [1.807, 2.05) is 12.1 Å². The number of likely N-dealkylation sites (tertiary alicyclic amines) is 1. The van der Waals surface area contributed by atoms with Gasteiger partial charge < -0.3 is 0 Å². The monoisotopic (exact) mass is 509 g/mol. The number of sulfone groups is 1. The molecular weight excluding hydrogens is 477 g/mol. The number of sulfonamides is 1. The minimum Gasteiger partial charge on any atom is -0.299 e. The quantitative estimate of drug-likeness (QED) is 0.596. The third kappa shape index (κ3) is 5.52. The maximum atomic E-state index is 13.7. The van der Waals surface area contributed by atoms with Crippen molar-refractivity contribution in [2.45, 2.75) is 42.1 Å². The van der Waals surface area contributed by atoms with Gasteiger partial charge in [-0.25, -0.2) is 21.2 Å². The van der Waals surface area contributed by atoms with Crippen molar-refractivity contribution in [3.63, 3.8) is 0 Å². The highest BCUT2D eigenvalue weighted by Gasteiger charge is 2.33. The molecule has 2 aromatic rings. The third-order valence-electron chi connectivity index (χ3n) is 6.88. The van der Waals surface area contributed by atoms with E-state index in [1.54, 1.807) is 19.1 Å². The van der Waals surface area contributed by atoms with Gasteiger partial charge in [0.15, 0.2) is 9.84 Å². The lowest BCUT2D eigenvalue weighted by Gasteiger charge is -2.42. The molecule has 2 aliphatic rings. The zero-order chi connectivity index (χ0) is 24.5. The first kappa shape index (κ1) is 25.2. The predicted octanol–water partition coefficient (Wildman–Crippen LogP) is 2.51. The summed E-state index contributed by atoms with van der Waals surface area (Å²) in [5, 5.41) is 0. The van der Waals surface area contributed by atoms with Crippen LogP contribution < -0.4 is 0 Å². The standard InChI is InChI=1S/C24H32FN3O4S2/c1-19-7-8-21(25)17-24(19)34(31,32)28-15-13-27(14-16-28)22-9-11-26(12-10-22)18-20-5-3-4-6-23(20)33(2,29)30/h3-8,17,22H,9-16,18H2,1-2H3. The van der Waals surface area contributed by atoms with Crippen LogP contribution in [0.2, 0.25) is 0 Å². The van der Waals surface area contributed by atoms with Gasteiger partial charge in [-0.3, -0.25) is 9.80 Å². The first-order valence-electron chi connectivity index (χ1n) is 11.6. The molecule has 0 N–H and O–H groups in total. The van der Waals surface area contributed by atoms with Crippen molar-refractivity contribution in [1.29, 1.82) is 0 Å². The van der Waals surface area contributed by atoms with Crippen LogP contribution in [0.15, 0.2) is 52.3 Å². The molecule has 0 saturated carbocycles. The van der Waals surface area contributed by atoms with E-state index in [4.69, 9.17) is 0 Å². The second kappa shape index (κ2) is 10.0. The van der Waals surface area contributed by atoms with E-state index >= 15 is 0 Å². The van der Waals surface area contributed by atoms with Crippen molar-refractivity contribution < 1.29 is 21.2 Å². The predicted molar refractivity (Wildman–Crippen MR) is 129 cm³/mol. The topological polar surface area (TPSA) is 78.0 Å². The highest BCUT2D eigenvalue weighted by molar-refractivity contribution is 7.90. The van der Waals surface area contributed by atoms with Crippen molar-refractivity contribution in [1.82, 2.24) is 14.1 Å². The highest BCUT2D eigenvalue weighted by Crippen LogP contribution is 2.25. The molecule has 10 heteroatoms. The van der Waals surface area contributed by atoms with Crippen LogP contribution in [-0.4, -0.2) is 82.5 Å². The van der Waals surface area contributed by atoms with Gasteiger partial charge in [0.1, 0.15) is 5.82 Å². The first-order valence-corrected chi connectivity index (χ1v) is 14.9. The minimum atomic E-state index is -3.72. The Labute approximate surface area is 202 Å². The summed E-state index contributed by atoms with van der Waals surface area (Å²) in [6, 6.07) is 11.4. The maximum absolute atomic E-state index is 13.7. The molecule has 0 amide bonds. The van der Waals surface area contributed by atoms with Gasteiger partial charge in [0.2, 0.25) is 10.0 Å². The van der Waals surface area contributed by atoms with Crippen molar-refractivity contribution >= 4 is 19.9 Å². The Kier molecular flexibility index (Phi) is 7.44. The molecule has 7 nitrogen and oxygen atoms in total. The Morgan fingerprint density at radius 1 is 0.882 bits per heavy atom. The molecule has 0 atom stereocenters. The van der Waals surface area contributed by atoms with E-state index in [1.165, 1.54) is 22.7 Å². The Balaban J connectivity index is 1.32. The molecule has 186 valence electrons. The fourth-order valence-electron chi connectivity index (χ4n) is 4.98. The Morgan fingerprint density at radius 2 is 1.53 bits per heavy atom. The lowest BCUT2D eigenvalue weighted by Crippen LogP contribution is -2.54. The Morgan fingerprint density at radius 3 is 2.18 bits per heavy atom. The summed E-state index contributed by atoms with van der Waals surface area (Å²) < 4.78 is 65.4. The number of halogens is 1. The van der Waals surface area contributed by atoms with Crippen LogP contribution in [0.5, 0.6) is 0 Å². The van der Waals surface area contributed by atoms with E-state index in [9.17, 15) is 21.2 Å². The number of hydrogen-bond acceptors (Lipinski definition) is 6. The van der Waals surface area contributed by atoms with Crippen LogP contribution in [0.1, 0.15) is 24.0 Å². The largest absolute Gasteiger partial charge is 0.299 e. The summed E-state index contributed by atoms with van der Waals surface area (Å²) in [4.78, 5) is 5.08. The number of nitrogens with zero attached hydrogens (tertiary/aromatic N) is 3. The van der Waals surface area contributed by atoms with Gasteiger partial charge in [-0.15, -0.1) is 0 Å². The molecule has 4 rings (SSSR count). The van der Waals surface area contributed by atoms with Crippen LogP contribution in [0.4, 0.5) is 4.39 Å². The molecule has 0 aromatic heterocycles. The number of benzene rings is 2. The highest BCUT2D eigenvalue weighted by atomic mass is 32.2. The van der Waals surface area contributed by atoms with Crippen molar-refractivity contribution in [2.24, 2.45) is 0 Å². The Hall–Kier alpha value is -1.85. The summed E-state index contributed by atoms with van der Waals surface area (Å²) in [7, 11) is -6.98. The van der Waals surface area contributed by atoms with E-state index in [0.29, 0.717) is 49.2 Å². The average Bonchev–Trinajstić information content (AvgIpc) is 2.81. The van der Waals surface area contributed by atoms with Crippen molar-refractivity contribution in [3.8, 4) is 0 Å². The summed E-state index contributed by atoms with van der Waals surface area (Å²) in [5.74, 6) is -0.547. The van der Waals surface area contributed by atoms with Gasteiger partial charge in [0.25, 0.3) is 0 Å². The van der Waals surface area contributed by atoms with Crippen LogP contribution >= 0.6 is 0 Å². The Bertz CT molecular complexity index is 1230. The SMILES string of the molecule is Cc1ccc(F)cc1S(=O)(=O)N1CCN(C2CCN(Cc3ccccc3S(C)(=O)=O)CC2)CC1.